The van der Waals surface area contributed by atoms with Gasteiger partial charge in [-0.2, -0.15) is 0 Å². The minimum Gasteiger partial charge on any atom is -0.347 e. The van der Waals surface area contributed by atoms with Crippen molar-refractivity contribution in [1.29, 1.82) is 0 Å². The maximum atomic E-state index is 13.2. The fourth-order valence-electron chi connectivity index (χ4n) is 2.06. The first-order valence-corrected chi connectivity index (χ1v) is 7.05. The van der Waals surface area contributed by atoms with Gasteiger partial charge in [-0.05, 0) is 47.2 Å². The van der Waals surface area contributed by atoms with Crippen LogP contribution in [-0.2, 0) is 4.79 Å². The van der Waals surface area contributed by atoms with Crippen molar-refractivity contribution in [1.82, 2.24) is 10.2 Å². The van der Waals surface area contributed by atoms with Gasteiger partial charge in [-0.25, -0.2) is 4.39 Å². The minimum atomic E-state index is -0.429. The van der Waals surface area contributed by atoms with Crippen LogP contribution in [0.1, 0.15) is 23.2 Å². The van der Waals surface area contributed by atoms with Crippen molar-refractivity contribution in [2.75, 3.05) is 13.6 Å². The molecule has 1 aliphatic heterocycles. The lowest BCUT2D eigenvalue weighted by Gasteiger charge is -2.30. The molecule has 0 spiro atoms. The SMILES string of the molecule is CN1CC(NC(=O)c2cc(F)ccc2I)CCC1=O. The van der Waals surface area contributed by atoms with Crippen molar-refractivity contribution in [3.05, 3.63) is 33.1 Å². The molecule has 4 nitrogen and oxygen atoms in total. The highest BCUT2D eigenvalue weighted by atomic mass is 127. The van der Waals surface area contributed by atoms with Gasteiger partial charge in [0.1, 0.15) is 5.82 Å². The zero-order valence-corrected chi connectivity index (χ0v) is 12.6. The summed E-state index contributed by atoms with van der Waals surface area (Å²) in [5, 5.41) is 2.85. The molecule has 1 fully saturated rings. The second kappa shape index (κ2) is 5.85. The lowest BCUT2D eigenvalue weighted by molar-refractivity contribution is -0.132. The molecule has 0 saturated carbocycles. The monoisotopic (exact) mass is 376 g/mol. The number of carbonyl (C=O) groups is 2. The summed E-state index contributed by atoms with van der Waals surface area (Å²) in [6.45, 7) is 0.496. The normalized spacial score (nSPS) is 19.4. The molecule has 0 aliphatic carbocycles. The quantitative estimate of drug-likeness (QED) is 0.801. The molecule has 1 saturated heterocycles. The number of halogens is 2. The molecule has 6 heteroatoms. The van der Waals surface area contributed by atoms with E-state index in [0.29, 0.717) is 28.5 Å². The predicted molar refractivity (Wildman–Crippen MR) is 77.2 cm³/mol. The second-order valence-corrected chi connectivity index (χ2v) is 5.77. The number of benzene rings is 1. The van der Waals surface area contributed by atoms with Crippen LogP contribution in [0, 0.1) is 9.39 Å². The van der Waals surface area contributed by atoms with E-state index in [1.54, 1.807) is 18.0 Å². The van der Waals surface area contributed by atoms with Gasteiger partial charge in [0.25, 0.3) is 5.91 Å². The fraction of sp³-hybridized carbons (Fsp3) is 0.385. The zero-order chi connectivity index (χ0) is 14.0. The maximum absolute atomic E-state index is 13.2. The van der Waals surface area contributed by atoms with Gasteiger partial charge in [0.15, 0.2) is 0 Å². The number of carbonyl (C=O) groups excluding carboxylic acids is 2. The summed E-state index contributed by atoms with van der Waals surface area (Å²) in [4.78, 5) is 25.0. The van der Waals surface area contributed by atoms with Crippen molar-refractivity contribution >= 4 is 34.4 Å². The number of hydrogen-bond donors (Lipinski definition) is 1. The smallest absolute Gasteiger partial charge is 0.252 e. The molecule has 1 aliphatic rings. The minimum absolute atomic E-state index is 0.0748. The standard InChI is InChI=1S/C13H14FIN2O2/c1-17-7-9(3-5-12(17)18)16-13(19)10-6-8(14)2-4-11(10)15/h2,4,6,9H,3,5,7H2,1H3,(H,16,19). The maximum Gasteiger partial charge on any atom is 0.252 e. The Labute approximate surface area is 124 Å². The van der Waals surface area contributed by atoms with Crippen LogP contribution in [-0.4, -0.2) is 36.3 Å². The molecule has 1 aromatic carbocycles. The average Bonchev–Trinajstić information content (AvgIpc) is 2.36. The molecule has 1 unspecified atom stereocenters. The molecular formula is C13H14FIN2O2. The number of nitrogens with zero attached hydrogens (tertiary/aromatic N) is 1. The van der Waals surface area contributed by atoms with E-state index in [1.165, 1.54) is 12.1 Å². The van der Waals surface area contributed by atoms with Crippen molar-refractivity contribution in [3.63, 3.8) is 0 Å². The Kier molecular flexibility index (Phi) is 4.38. The van der Waals surface area contributed by atoms with E-state index >= 15 is 0 Å². The third-order valence-electron chi connectivity index (χ3n) is 3.13. The van der Waals surface area contributed by atoms with Crippen molar-refractivity contribution < 1.29 is 14.0 Å². The number of piperidine rings is 1. The first-order chi connectivity index (χ1) is 8.97. The van der Waals surface area contributed by atoms with Crippen LogP contribution in [0.2, 0.25) is 0 Å². The summed E-state index contributed by atoms with van der Waals surface area (Å²) >= 11 is 2.00. The van der Waals surface area contributed by atoms with Crippen LogP contribution in [0.25, 0.3) is 0 Å². The Morgan fingerprint density at radius 3 is 2.95 bits per heavy atom. The first-order valence-electron chi connectivity index (χ1n) is 5.97. The lowest BCUT2D eigenvalue weighted by Crippen LogP contribution is -2.48. The van der Waals surface area contributed by atoms with E-state index in [9.17, 15) is 14.0 Å². The number of hydrogen-bond acceptors (Lipinski definition) is 2. The predicted octanol–water partition coefficient (Wildman–Crippen LogP) is 1.78. The molecule has 1 atom stereocenters. The highest BCUT2D eigenvalue weighted by molar-refractivity contribution is 14.1. The Morgan fingerprint density at radius 1 is 1.53 bits per heavy atom. The van der Waals surface area contributed by atoms with Crippen LogP contribution >= 0.6 is 22.6 Å². The topological polar surface area (TPSA) is 49.4 Å². The van der Waals surface area contributed by atoms with Gasteiger partial charge >= 0.3 is 0 Å². The largest absolute Gasteiger partial charge is 0.347 e. The van der Waals surface area contributed by atoms with E-state index in [2.05, 4.69) is 5.32 Å². The number of rotatable bonds is 2. The Balaban J connectivity index is 2.05. The van der Waals surface area contributed by atoms with Crippen LogP contribution in [0.4, 0.5) is 4.39 Å². The Morgan fingerprint density at radius 2 is 2.26 bits per heavy atom. The van der Waals surface area contributed by atoms with Crippen LogP contribution in [0.5, 0.6) is 0 Å². The molecule has 1 heterocycles. The molecule has 0 radical (unpaired) electrons. The van der Waals surface area contributed by atoms with E-state index in [-0.39, 0.29) is 17.9 Å². The van der Waals surface area contributed by atoms with Gasteiger partial charge in [-0.15, -0.1) is 0 Å². The summed E-state index contributed by atoms with van der Waals surface area (Å²) in [6, 6.07) is 4.05. The second-order valence-electron chi connectivity index (χ2n) is 4.61. The van der Waals surface area contributed by atoms with Crippen LogP contribution < -0.4 is 5.32 Å². The van der Waals surface area contributed by atoms with Gasteiger partial charge in [-0.3, -0.25) is 9.59 Å². The van der Waals surface area contributed by atoms with Crippen molar-refractivity contribution in [2.24, 2.45) is 0 Å². The van der Waals surface area contributed by atoms with Crippen molar-refractivity contribution in [2.45, 2.75) is 18.9 Å². The van der Waals surface area contributed by atoms with Gasteiger partial charge < -0.3 is 10.2 Å². The fourth-order valence-corrected chi connectivity index (χ4v) is 2.65. The van der Waals surface area contributed by atoms with Gasteiger partial charge in [0, 0.05) is 29.6 Å². The van der Waals surface area contributed by atoms with E-state index in [0.717, 1.165) is 0 Å². The number of nitrogens with one attached hydrogen (secondary N) is 1. The van der Waals surface area contributed by atoms with Crippen LogP contribution in [0.15, 0.2) is 18.2 Å². The van der Waals surface area contributed by atoms with Gasteiger partial charge in [-0.1, -0.05) is 0 Å². The van der Waals surface area contributed by atoms with Gasteiger partial charge in [0.2, 0.25) is 5.91 Å². The molecule has 102 valence electrons. The highest BCUT2D eigenvalue weighted by Crippen LogP contribution is 2.15. The first kappa shape index (κ1) is 14.2. The van der Waals surface area contributed by atoms with E-state index in [4.69, 9.17) is 0 Å². The summed E-state index contributed by atoms with van der Waals surface area (Å²) < 4.78 is 13.9. The third-order valence-corrected chi connectivity index (χ3v) is 4.08. The third kappa shape index (κ3) is 3.43. The number of likely N-dealkylation sites (N-methyl/N-ethyl adjacent to an activating group) is 1. The molecule has 19 heavy (non-hydrogen) atoms. The molecular weight excluding hydrogens is 362 g/mol. The van der Waals surface area contributed by atoms with E-state index < -0.39 is 5.82 Å². The van der Waals surface area contributed by atoms with Crippen molar-refractivity contribution in [3.8, 4) is 0 Å². The molecule has 2 rings (SSSR count). The van der Waals surface area contributed by atoms with E-state index in [1.807, 2.05) is 22.6 Å². The summed E-state index contributed by atoms with van der Waals surface area (Å²) in [5.74, 6) is -0.635. The summed E-state index contributed by atoms with van der Waals surface area (Å²) in [5.41, 5.74) is 0.333. The average molecular weight is 376 g/mol. The molecule has 0 aromatic heterocycles. The molecule has 1 aromatic rings. The Hall–Kier alpha value is -1.18. The highest BCUT2D eigenvalue weighted by Gasteiger charge is 2.24. The van der Waals surface area contributed by atoms with Gasteiger partial charge in [0.05, 0.1) is 5.56 Å². The summed E-state index contributed by atoms with van der Waals surface area (Å²) in [7, 11) is 1.71. The molecule has 0 bridgehead atoms. The lowest BCUT2D eigenvalue weighted by atomic mass is 10.1. The van der Waals surface area contributed by atoms with Crippen LogP contribution in [0.3, 0.4) is 0 Å². The number of likely N-dealkylation sites (tertiary alicyclic amines) is 1. The molecule has 1 N–H and O–H groups in total. The number of amides is 2. The zero-order valence-electron chi connectivity index (χ0n) is 10.5. The Bertz CT molecular complexity index is 521. The molecule has 2 amide bonds. The summed E-state index contributed by atoms with van der Waals surface area (Å²) in [6.07, 6.45) is 1.06.